The van der Waals surface area contributed by atoms with E-state index in [1.54, 1.807) is 13.2 Å². The quantitative estimate of drug-likeness (QED) is 0.602. The molecule has 0 radical (unpaired) electrons. The minimum Gasteiger partial charge on any atom is -0.493 e. The maximum absolute atomic E-state index is 9.23. The highest BCUT2D eigenvalue weighted by Gasteiger charge is 2.20. The van der Waals surface area contributed by atoms with E-state index in [0.29, 0.717) is 23.7 Å². The Morgan fingerprint density at radius 1 is 1.19 bits per heavy atom. The summed E-state index contributed by atoms with van der Waals surface area (Å²) in [5.74, 6) is 1.24. The molecule has 6 heteroatoms. The molecule has 140 valence electrons. The third kappa shape index (κ3) is 4.60. The van der Waals surface area contributed by atoms with Gasteiger partial charge in [0.05, 0.1) is 18.7 Å². The first-order valence-corrected chi connectivity index (χ1v) is 10.1. The van der Waals surface area contributed by atoms with Crippen molar-refractivity contribution in [3.05, 3.63) is 57.6 Å². The lowest BCUT2D eigenvalue weighted by Crippen LogP contribution is -2.35. The van der Waals surface area contributed by atoms with E-state index in [1.165, 1.54) is 19.3 Å². The number of nitriles is 1. The van der Waals surface area contributed by atoms with Crippen LogP contribution in [-0.2, 0) is 6.61 Å². The number of hydrogen-bond donors (Lipinski definition) is 0. The molecule has 0 spiro atoms. The topological polar surface area (TPSA) is 45.5 Å². The minimum atomic E-state index is 0.294. The molecule has 1 heterocycles. The van der Waals surface area contributed by atoms with E-state index in [-0.39, 0.29) is 0 Å². The van der Waals surface area contributed by atoms with Gasteiger partial charge in [-0.15, -0.1) is 0 Å². The zero-order chi connectivity index (χ0) is 19.2. The first kappa shape index (κ1) is 19.7. The lowest BCUT2D eigenvalue weighted by molar-refractivity contribution is 0.284. The molecule has 4 nitrogen and oxygen atoms in total. The largest absolute Gasteiger partial charge is 0.493 e. The Morgan fingerprint density at radius 3 is 2.63 bits per heavy atom. The number of methoxy groups -OCH3 is 1. The van der Waals surface area contributed by atoms with E-state index < -0.39 is 0 Å². The van der Waals surface area contributed by atoms with Crippen LogP contribution in [0.2, 0.25) is 0 Å². The van der Waals surface area contributed by atoms with Gasteiger partial charge in [-0.1, -0.05) is 30.4 Å². The molecule has 0 bridgehead atoms. The van der Waals surface area contributed by atoms with Crippen molar-refractivity contribution in [1.29, 1.82) is 5.26 Å². The standard InChI is InChI=1S/C21H21BrN2O2S/c1-25-19-11-17(21(27)24-9-5-2-6-10-24)18(22)12-20(19)26-14-16-8-4-3-7-15(16)13-23/h3-4,7-8,11-12H,2,5-6,9-10,14H2,1H3. The summed E-state index contributed by atoms with van der Waals surface area (Å²) in [6.07, 6.45) is 3.61. The van der Waals surface area contributed by atoms with Crippen molar-refractivity contribution >= 4 is 33.1 Å². The molecule has 2 aromatic rings. The summed E-state index contributed by atoms with van der Waals surface area (Å²) in [5, 5.41) is 9.23. The predicted octanol–water partition coefficient (Wildman–Crippen LogP) is 5.07. The number of nitrogens with zero attached hydrogens (tertiary/aromatic N) is 2. The van der Waals surface area contributed by atoms with Crippen LogP contribution in [0.1, 0.15) is 36.0 Å². The Morgan fingerprint density at radius 2 is 1.93 bits per heavy atom. The van der Waals surface area contributed by atoms with Crippen molar-refractivity contribution in [2.75, 3.05) is 20.2 Å². The molecule has 0 N–H and O–H groups in total. The Labute approximate surface area is 173 Å². The average molecular weight is 445 g/mol. The second kappa shape index (κ2) is 9.20. The highest BCUT2D eigenvalue weighted by atomic mass is 79.9. The van der Waals surface area contributed by atoms with Crippen molar-refractivity contribution in [3.63, 3.8) is 0 Å². The van der Waals surface area contributed by atoms with Crippen LogP contribution < -0.4 is 9.47 Å². The van der Waals surface area contributed by atoms with Crippen LogP contribution in [0.3, 0.4) is 0 Å². The number of rotatable bonds is 5. The molecular formula is C21H21BrN2O2S. The van der Waals surface area contributed by atoms with Crippen LogP contribution in [0, 0.1) is 11.3 Å². The van der Waals surface area contributed by atoms with E-state index in [1.807, 2.05) is 30.3 Å². The number of thiocarbonyl (C=S) groups is 1. The normalized spacial score (nSPS) is 13.7. The van der Waals surface area contributed by atoms with Crippen molar-refractivity contribution in [2.45, 2.75) is 25.9 Å². The maximum Gasteiger partial charge on any atom is 0.162 e. The van der Waals surface area contributed by atoms with Gasteiger partial charge < -0.3 is 14.4 Å². The molecule has 1 saturated heterocycles. The summed E-state index contributed by atoms with van der Waals surface area (Å²) in [6.45, 7) is 2.29. The van der Waals surface area contributed by atoms with Gasteiger partial charge >= 0.3 is 0 Å². The average Bonchev–Trinajstić information content (AvgIpc) is 2.72. The molecule has 2 aromatic carbocycles. The van der Waals surface area contributed by atoms with Crippen LogP contribution in [0.4, 0.5) is 0 Å². The van der Waals surface area contributed by atoms with Crippen LogP contribution >= 0.6 is 28.1 Å². The van der Waals surface area contributed by atoms with E-state index in [4.69, 9.17) is 21.7 Å². The fraction of sp³-hybridized carbons (Fsp3) is 0.333. The Balaban J connectivity index is 1.81. The molecule has 27 heavy (non-hydrogen) atoms. The molecule has 0 saturated carbocycles. The van der Waals surface area contributed by atoms with Gasteiger partial charge in [0.1, 0.15) is 11.6 Å². The first-order valence-electron chi connectivity index (χ1n) is 8.91. The van der Waals surface area contributed by atoms with Gasteiger partial charge in [0, 0.05) is 28.7 Å². The number of halogens is 1. The van der Waals surface area contributed by atoms with Gasteiger partial charge in [0.2, 0.25) is 0 Å². The Kier molecular flexibility index (Phi) is 6.70. The summed E-state index contributed by atoms with van der Waals surface area (Å²) in [7, 11) is 1.62. The third-order valence-electron chi connectivity index (χ3n) is 4.65. The van der Waals surface area contributed by atoms with Gasteiger partial charge in [-0.3, -0.25) is 0 Å². The second-order valence-corrected chi connectivity index (χ2v) is 7.63. The molecule has 0 amide bonds. The Bertz CT molecular complexity index is 873. The van der Waals surface area contributed by atoms with E-state index in [0.717, 1.165) is 33.7 Å². The summed E-state index contributed by atoms with van der Waals surface area (Å²) >= 11 is 9.35. The summed E-state index contributed by atoms with van der Waals surface area (Å²) in [5.41, 5.74) is 2.39. The molecule has 0 unspecified atom stereocenters. The number of ether oxygens (including phenoxy) is 2. The lowest BCUT2D eigenvalue weighted by atomic mass is 10.1. The van der Waals surface area contributed by atoms with Crippen molar-refractivity contribution in [1.82, 2.24) is 4.90 Å². The number of hydrogen-bond acceptors (Lipinski definition) is 4. The van der Waals surface area contributed by atoms with Gasteiger partial charge in [0.15, 0.2) is 11.5 Å². The molecule has 0 aromatic heterocycles. The van der Waals surface area contributed by atoms with Crippen LogP contribution in [0.25, 0.3) is 0 Å². The van der Waals surface area contributed by atoms with Crippen molar-refractivity contribution in [2.24, 2.45) is 0 Å². The Hall–Kier alpha value is -2.10. The summed E-state index contributed by atoms with van der Waals surface area (Å²) < 4.78 is 12.4. The summed E-state index contributed by atoms with van der Waals surface area (Å²) in [6, 6.07) is 13.4. The van der Waals surface area contributed by atoms with Crippen LogP contribution in [0.15, 0.2) is 40.9 Å². The van der Waals surface area contributed by atoms with E-state index >= 15 is 0 Å². The zero-order valence-corrected chi connectivity index (χ0v) is 17.6. The minimum absolute atomic E-state index is 0.294. The predicted molar refractivity (Wildman–Crippen MR) is 113 cm³/mol. The smallest absolute Gasteiger partial charge is 0.162 e. The lowest BCUT2D eigenvalue weighted by Gasteiger charge is -2.29. The number of benzene rings is 2. The number of piperidine rings is 1. The SMILES string of the molecule is COc1cc(C(=S)N2CCCCC2)c(Br)cc1OCc1ccccc1C#N. The maximum atomic E-state index is 9.23. The molecule has 1 aliphatic heterocycles. The molecule has 0 atom stereocenters. The molecule has 1 aliphatic rings. The molecule has 0 aliphatic carbocycles. The van der Waals surface area contributed by atoms with Crippen molar-refractivity contribution < 1.29 is 9.47 Å². The van der Waals surface area contributed by atoms with Crippen molar-refractivity contribution in [3.8, 4) is 17.6 Å². The highest BCUT2D eigenvalue weighted by Crippen LogP contribution is 2.35. The first-order chi connectivity index (χ1) is 13.1. The molecular weight excluding hydrogens is 424 g/mol. The fourth-order valence-corrected chi connectivity index (χ4v) is 4.14. The monoisotopic (exact) mass is 444 g/mol. The summed E-state index contributed by atoms with van der Waals surface area (Å²) in [4.78, 5) is 3.09. The van der Waals surface area contributed by atoms with Crippen LogP contribution in [0.5, 0.6) is 11.5 Å². The van der Waals surface area contributed by atoms with Gasteiger partial charge in [-0.25, -0.2) is 0 Å². The van der Waals surface area contributed by atoms with E-state index in [9.17, 15) is 5.26 Å². The number of likely N-dealkylation sites (tertiary alicyclic amines) is 1. The second-order valence-electron chi connectivity index (χ2n) is 6.39. The zero-order valence-electron chi connectivity index (χ0n) is 15.2. The molecule has 3 rings (SSSR count). The van der Waals surface area contributed by atoms with Gasteiger partial charge in [-0.05, 0) is 53.4 Å². The van der Waals surface area contributed by atoms with Gasteiger partial charge in [0.25, 0.3) is 0 Å². The third-order valence-corrected chi connectivity index (χ3v) is 5.78. The molecule has 1 fully saturated rings. The van der Waals surface area contributed by atoms with E-state index in [2.05, 4.69) is 26.9 Å². The fourth-order valence-electron chi connectivity index (χ4n) is 3.15. The van der Waals surface area contributed by atoms with Gasteiger partial charge in [-0.2, -0.15) is 5.26 Å². The highest BCUT2D eigenvalue weighted by molar-refractivity contribution is 9.10. The van der Waals surface area contributed by atoms with Crippen LogP contribution in [-0.4, -0.2) is 30.1 Å².